The van der Waals surface area contributed by atoms with Gasteiger partial charge in [-0.2, -0.15) is 0 Å². The highest BCUT2D eigenvalue weighted by atomic mass is 35.5. The van der Waals surface area contributed by atoms with Crippen LogP contribution in [0.5, 0.6) is 0 Å². The predicted molar refractivity (Wildman–Crippen MR) is 81.9 cm³/mol. The van der Waals surface area contributed by atoms with Crippen LogP contribution in [0.2, 0.25) is 0 Å². The van der Waals surface area contributed by atoms with Crippen molar-refractivity contribution >= 4 is 24.3 Å². The molecule has 0 spiro atoms. The van der Waals surface area contributed by atoms with Gasteiger partial charge in [-0.05, 0) is 59.2 Å². The van der Waals surface area contributed by atoms with E-state index in [1.165, 1.54) is 0 Å². The molecule has 0 unspecified atom stereocenters. The molecule has 20 heavy (non-hydrogen) atoms. The van der Waals surface area contributed by atoms with Crippen LogP contribution in [0, 0.1) is 5.92 Å². The molecule has 0 aromatic carbocycles. The van der Waals surface area contributed by atoms with Gasteiger partial charge in [-0.1, -0.05) is 0 Å². The van der Waals surface area contributed by atoms with Crippen molar-refractivity contribution in [3.63, 3.8) is 0 Å². The molecule has 0 aromatic rings. The first-order chi connectivity index (χ1) is 8.80. The van der Waals surface area contributed by atoms with E-state index in [0.29, 0.717) is 12.5 Å². The third-order valence-corrected chi connectivity index (χ3v) is 3.15. The first kappa shape index (κ1) is 19.1. The summed E-state index contributed by atoms with van der Waals surface area (Å²) < 4.78 is 0. The Balaban J connectivity index is 0.00000361. The van der Waals surface area contributed by atoms with Crippen LogP contribution < -0.4 is 16.4 Å². The van der Waals surface area contributed by atoms with E-state index in [4.69, 9.17) is 5.73 Å². The second-order valence-corrected chi connectivity index (χ2v) is 6.21. The number of nitrogens with one attached hydrogen (secondary N) is 2. The number of piperidine rings is 1. The highest BCUT2D eigenvalue weighted by Gasteiger charge is 2.21. The summed E-state index contributed by atoms with van der Waals surface area (Å²) in [5.41, 5.74) is 5.28. The molecule has 118 valence electrons. The monoisotopic (exact) mass is 306 g/mol. The fourth-order valence-electron chi connectivity index (χ4n) is 2.12. The normalized spacial score (nSPS) is 17.2. The number of rotatable bonds is 3. The van der Waals surface area contributed by atoms with Gasteiger partial charge >= 0.3 is 6.03 Å². The maximum Gasteiger partial charge on any atom is 0.321 e. The molecule has 6 nitrogen and oxygen atoms in total. The number of urea groups is 1. The fraction of sp³-hybridized carbons (Fsp3) is 0.846. The van der Waals surface area contributed by atoms with Crippen LogP contribution in [0.4, 0.5) is 4.79 Å². The first-order valence-electron chi connectivity index (χ1n) is 6.84. The minimum atomic E-state index is -0.436. The molecule has 0 aromatic heterocycles. The second-order valence-electron chi connectivity index (χ2n) is 6.21. The van der Waals surface area contributed by atoms with Gasteiger partial charge in [-0.25, -0.2) is 4.79 Å². The van der Waals surface area contributed by atoms with E-state index in [-0.39, 0.29) is 30.4 Å². The number of hydrogen-bond donors (Lipinski definition) is 3. The summed E-state index contributed by atoms with van der Waals surface area (Å²) in [6.07, 6.45) is 2.05. The zero-order chi connectivity index (χ0) is 14.5. The lowest BCUT2D eigenvalue weighted by Gasteiger charge is -2.30. The molecule has 0 atom stereocenters. The van der Waals surface area contributed by atoms with Gasteiger partial charge in [0.15, 0.2) is 0 Å². The maximum atomic E-state index is 11.7. The van der Waals surface area contributed by atoms with Crippen LogP contribution in [0.25, 0.3) is 0 Å². The van der Waals surface area contributed by atoms with E-state index >= 15 is 0 Å². The summed E-state index contributed by atoms with van der Waals surface area (Å²) in [5, 5.41) is 5.05. The lowest BCUT2D eigenvalue weighted by atomic mass is 9.97. The standard InChI is InChI=1S/C13H26N4O2.ClH/c1-13(2,3)16-12(19)15-11(18)9-17-6-4-10(8-14)5-7-17;/h10H,4-9,14H2,1-3H3,(H2,15,16,18,19);1H. The Labute approximate surface area is 127 Å². The average molecular weight is 307 g/mol. The summed E-state index contributed by atoms with van der Waals surface area (Å²) >= 11 is 0. The highest BCUT2D eigenvalue weighted by molar-refractivity contribution is 5.95. The zero-order valence-electron chi connectivity index (χ0n) is 12.6. The van der Waals surface area contributed by atoms with Gasteiger partial charge in [0.05, 0.1) is 6.54 Å². The second kappa shape index (κ2) is 8.44. The molecule has 1 aliphatic heterocycles. The van der Waals surface area contributed by atoms with Crippen LogP contribution in [0.1, 0.15) is 33.6 Å². The van der Waals surface area contributed by atoms with E-state index in [1.54, 1.807) is 0 Å². The summed E-state index contributed by atoms with van der Waals surface area (Å²) in [4.78, 5) is 25.3. The molecule has 0 saturated carbocycles. The highest BCUT2D eigenvalue weighted by Crippen LogP contribution is 2.15. The predicted octanol–water partition coefficient (Wildman–Crippen LogP) is 0.703. The summed E-state index contributed by atoms with van der Waals surface area (Å²) in [6.45, 7) is 8.34. The van der Waals surface area contributed by atoms with Crippen molar-refractivity contribution in [3.8, 4) is 0 Å². The summed E-state index contributed by atoms with van der Waals surface area (Å²) in [5.74, 6) is 0.316. The minimum Gasteiger partial charge on any atom is -0.333 e. The Kier molecular flexibility index (Phi) is 8.08. The Bertz CT molecular complexity index is 323. The van der Waals surface area contributed by atoms with E-state index in [1.807, 2.05) is 20.8 Å². The van der Waals surface area contributed by atoms with Crippen molar-refractivity contribution in [1.82, 2.24) is 15.5 Å². The molecule has 1 heterocycles. The zero-order valence-corrected chi connectivity index (χ0v) is 13.4. The van der Waals surface area contributed by atoms with Gasteiger partial charge in [0.2, 0.25) is 5.91 Å². The number of carbonyl (C=O) groups excluding carboxylic acids is 2. The van der Waals surface area contributed by atoms with E-state index in [0.717, 1.165) is 25.9 Å². The number of hydrogen-bond acceptors (Lipinski definition) is 4. The largest absolute Gasteiger partial charge is 0.333 e. The SMILES string of the molecule is CC(C)(C)NC(=O)NC(=O)CN1CCC(CN)CC1.Cl. The van der Waals surface area contributed by atoms with Crippen LogP contribution in [0.3, 0.4) is 0 Å². The molecule has 0 bridgehead atoms. The minimum absolute atomic E-state index is 0. The number of amides is 3. The Morgan fingerprint density at radius 1 is 1.25 bits per heavy atom. The first-order valence-corrected chi connectivity index (χ1v) is 6.84. The Morgan fingerprint density at radius 3 is 2.25 bits per heavy atom. The number of carbonyl (C=O) groups is 2. The van der Waals surface area contributed by atoms with E-state index in [9.17, 15) is 9.59 Å². The number of nitrogens with zero attached hydrogens (tertiary/aromatic N) is 1. The van der Waals surface area contributed by atoms with Crippen molar-refractivity contribution in [2.24, 2.45) is 11.7 Å². The quantitative estimate of drug-likeness (QED) is 0.716. The van der Waals surface area contributed by atoms with Crippen molar-refractivity contribution < 1.29 is 9.59 Å². The van der Waals surface area contributed by atoms with Crippen molar-refractivity contribution in [2.75, 3.05) is 26.2 Å². The van der Waals surface area contributed by atoms with E-state index < -0.39 is 6.03 Å². The molecular formula is C13H27ClN4O2. The van der Waals surface area contributed by atoms with Gasteiger partial charge < -0.3 is 11.1 Å². The van der Waals surface area contributed by atoms with Crippen molar-refractivity contribution in [3.05, 3.63) is 0 Å². The maximum absolute atomic E-state index is 11.7. The topological polar surface area (TPSA) is 87.5 Å². The number of halogens is 1. The molecule has 0 aliphatic carbocycles. The molecular weight excluding hydrogens is 280 g/mol. The molecule has 1 fully saturated rings. The fourth-order valence-corrected chi connectivity index (χ4v) is 2.12. The van der Waals surface area contributed by atoms with Crippen molar-refractivity contribution in [2.45, 2.75) is 39.2 Å². The van der Waals surface area contributed by atoms with E-state index in [2.05, 4.69) is 15.5 Å². The number of imide groups is 1. The molecule has 1 saturated heterocycles. The lowest BCUT2D eigenvalue weighted by molar-refractivity contribution is -0.121. The summed E-state index contributed by atoms with van der Waals surface area (Å²) in [7, 11) is 0. The van der Waals surface area contributed by atoms with Gasteiger partial charge in [-0.15, -0.1) is 12.4 Å². The van der Waals surface area contributed by atoms with Crippen LogP contribution >= 0.6 is 12.4 Å². The Hall–Kier alpha value is -0.850. The third kappa shape index (κ3) is 7.67. The number of likely N-dealkylation sites (tertiary alicyclic amines) is 1. The van der Waals surface area contributed by atoms with Crippen LogP contribution in [-0.4, -0.2) is 48.6 Å². The molecule has 1 aliphatic rings. The van der Waals surface area contributed by atoms with Crippen molar-refractivity contribution in [1.29, 1.82) is 0 Å². The number of nitrogens with two attached hydrogens (primary N) is 1. The van der Waals surface area contributed by atoms with Crippen LogP contribution in [-0.2, 0) is 4.79 Å². The third-order valence-electron chi connectivity index (χ3n) is 3.15. The van der Waals surface area contributed by atoms with Gasteiger partial charge in [0.25, 0.3) is 0 Å². The molecule has 1 rings (SSSR count). The molecule has 0 radical (unpaired) electrons. The van der Waals surface area contributed by atoms with Gasteiger partial charge in [-0.3, -0.25) is 15.0 Å². The van der Waals surface area contributed by atoms with Gasteiger partial charge in [0, 0.05) is 5.54 Å². The Morgan fingerprint density at radius 2 is 1.80 bits per heavy atom. The molecule has 4 N–H and O–H groups in total. The van der Waals surface area contributed by atoms with Gasteiger partial charge in [0.1, 0.15) is 0 Å². The smallest absolute Gasteiger partial charge is 0.321 e. The lowest BCUT2D eigenvalue weighted by Crippen LogP contribution is -2.51. The summed E-state index contributed by atoms with van der Waals surface area (Å²) in [6, 6.07) is -0.436. The molecule has 7 heteroatoms. The average Bonchev–Trinajstić information content (AvgIpc) is 2.27. The van der Waals surface area contributed by atoms with Crippen LogP contribution in [0.15, 0.2) is 0 Å². The molecule has 3 amide bonds.